The molecule has 0 saturated carbocycles. The Labute approximate surface area is 80.8 Å². The summed E-state index contributed by atoms with van der Waals surface area (Å²) in [5.41, 5.74) is 1.61. The van der Waals surface area contributed by atoms with Crippen molar-refractivity contribution in [1.29, 1.82) is 0 Å². The molecule has 0 bridgehead atoms. The first-order valence-corrected chi connectivity index (χ1v) is 4.28. The molecular formula is C10H11FN2O. The van der Waals surface area contributed by atoms with Crippen molar-refractivity contribution in [1.82, 2.24) is 4.57 Å². The van der Waals surface area contributed by atoms with Gasteiger partial charge in [-0.2, -0.15) is 0 Å². The van der Waals surface area contributed by atoms with Crippen LogP contribution in [-0.2, 0) is 18.5 Å². The molecule has 1 aromatic carbocycles. The predicted octanol–water partition coefficient (Wildman–Crippen LogP) is 1.71. The van der Waals surface area contributed by atoms with Crippen LogP contribution in [0.4, 0.5) is 4.39 Å². The second-order valence-corrected chi connectivity index (χ2v) is 3.21. The number of aryl methyl sites for hydroxylation is 1. The number of nitrogens with two attached hydrogens (primary N) is 1. The molecule has 0 radical (unpaired) electrons. The van der Waals surface area contributed by atoms with Crippen LogP contribution in [0, 0.1) is 5.82 Å². The van der Waals surface area contributed by atoms with Gasteiger partial charge in [-0.1, -0.05) is 6.07 Å². The molecule has 2 aromatic rings. The van der Waals surface area contributed by atoms with Crippen molar-refractivity contribution in [2.75, 3.05) is 0 Å². The van der Waals surface area contributed by atoms with Crippen molar-refractivity contribution in [2.45, 2.75) is 6.61 Å². The zero-order valence-corrected chi connectivity index (χ0v) is 7.83. The molecule has 0 aliphatic heterocycles. The average Bonchev–Trinajstić information content (AvgIpc) is 2.46. The molecule has 0 unspecified atom stereocenters. The molecule has 1 heterocycles. The lowest BCUT2D eigenvalue weighted by molar-refractivity contribution is 0.125. The van der Waals surface area contributed by atoms with Gasteiger partial charge in [0.2, 0.25) is 0 Å². The number of fused-ring (bicyclic) bond motifs is 1. The molecule has 3 nitrogen and oxygen atoms in total. The van der Waals surface area contributed by atoms with E-state index < -0.39 is 0 Å². The van der Waals surface area contributed by atoms with E-state index in [1.807, 2.05) is 23.9 Å². The number of benzene rings is 1. The second kappa shape index (κ2) is 3.40. The molecule has 1 aromatic heterocycles. The lowest BCUT2D eigenvalue weighted by Crippen LogP contribution is -1.98. The quantitative estimate of drug-likeness (QED) is 0.739. The van der Waals surface area contributed by atoms with E-state index in [4.69, 9.17) is 5.90 Å². The van der Waals surface area contributed by atoms with Gasteiger partial charge in [0.25, 0.3) is 0 Å². The summed E-state index contributed by atoms with van der Waals surface area (Å²) in [4.78, 5) is 4.52. The highest BCUT2D eigenvalue weighted by Gasteiger charge is 2.10. The van der Waals surface area contributed by atoms with Crippen LogP contribution >= 0.6 is 0 Å². The molecule has 0 spiro atoms. The van der Waals surface area contributed by atoms with Crippen LogP contribution in [-0.4, -0.2) is 4.57 Å². The average molecular weight is 194 g/mol. The van der Waals surface area contributed by atoms with Gasteiger partial charge in [-0.05, 0) is 12.1 Å². The molecule has 0 saturated heterocycles. The first-order valence-electron chi connectivity index (χ1n) is 4.28. The summed E-state index contributed by atoms with van der Waals surface area (Å²) in [6.45, 7) is 0.221. The highest BCUT2D eigenvalue weighted by atomic mass is 19.1. The Morgan fingerprint density at radius 1 is 1.50 bits per heavy atom. The SMILES string of the molecule is Cn1cc(CON)c2c(F)cccc21. The van der Waals surface area contributed by atoms with Gasteiger partial charge in [-0.25, -0.2) is 10.3 Å². The maximum Gasteiger partial charge on any atom is 0.132 e. The summed E-state index contributed by atoms with van der Waals surface area (Å²) < 4.78 is 15.3. The first kappa shape index (κ1) is 9.18. The summed E-state index contributed by atoms with van der Waals surface area (Å²) in [5.74, 6) is 4.74. The minimum atomic E-state index is -0.241. The van der Waals surface area contributed by atoms with Gasteiger partial charge in [0.05, 0.1) is 12.1 Å². The van der Waals surface area contributed by atoms with E-state index in [1.165, 1.54) is 6.07 Å². The van der Waals surface area contributed by atoms with Crippen molar-refractivity contribution >= 4 is 10.9 Å². The minimum Gasteiger partial charge on any atom is -0.350 e. The Kier molecular flexibility index (Phi) is 2.23. The Hall–Kier alpha value is -1.39. The number of halogens is 1. The molecule has 2 N–H and O–H groups in total. The molecule has 74 valence electrons. The third-order valence-electron chi connectivity index (χ3n) is 2.28. The fourth-order valence-corrected chi connectivity index (χ4v) is 1.69. The number of hydrogen-bond acceptors (Lipinski definition) is 2. The minimum absolute atomic E-state index is 0.221. The van der Waals surface area contributed by atoms with Gasteiger partial charge >= 0.3 is 0 Å². The van der Waals surface area contributed by atoms with Crippen LogP contribution in [0.1, 0.15) is 5.56 Å². The van der Waals surface area contributed by atoms with E-state index in [-0.39, 0.29) is 12.4 Å². The van der Waals surface area contributed by atoms with Gasteiger partial charge in [0.15, 0.2) is 0 Å². The molecule has 0 fully saturated rings. The lowest BCUT2D eigenvalue weighted by atomic mass is 10.2. The molecular weight excluding hydrogens is 183 g/mol. The maximum atomic E-state index is 13.5. The van der Waals surface area contributed by atoms with Crippen molar-refractivity contribution in [2.24, 2.45) is 12.9 Å². The lowest BCUT2D eigenvalue weighted by Gasteiger charge is -1.97. The van der Waals surface area contributed by atoms with E-state index in [0.29, 0.717) is 5.39 Å². The first-order chi connectivity index (χ1) is 6.74. The van der Waals surface area contributed by atoms with E-state index >= 15 is 0 Å². The van der Waals surface area contributed by atoms with Crippen molar-refractivity contribution in [3.05, 3.63) is 35.8 Å². The molecule has 0 amide bonds. The number of rotatable bonds is 2. The van der Waals surface area contributed by atoms with E-state index in [1.54, 1.807) is 6.07 Å². The highest BCUT2D eigenvalue weighted by Crippen LogP contribution is 2.23. The van der Waals surface area contributed by atoms with Crippen molar-refractivity contribution in [3.63, 3.8) is 0 Å². The van der Waals surface area contributed by atoms with Gasteiger partial charge in [-0.3, -0.25) is 4.84 Å². The predicted molar refractivity (Wildman–Crippen MR) is 51.9 cm³/mol. The van der Waals surface area contributed by atoms with Crippen LogP contribution < -0.4 is 5.90 Å². The molecule has 0 atom stereocenters. The monoisotopic (exact) mass is 194 g/mol. The normalized spacial score (nSPS) is 11.1. The summed E-state index contributed by atoms with van der Waals surface area (Å²) >= 11 is 0. The standard InChI is InChI=1S/C10H11FN2O/c1-13-5-7(6-14-12)10-8(11)3-2-4-9(10)13/h2-5H,6,12H2,1H3. The molecule has 14 heavy (non-hydrogen) atoms. The Bertz CT molecular complexity index is 464. The summed E-state index contributed by atoms with van der Waals surface area (Å²) in [7, 11) is 1.86. The van der Waals surface area contributed by atoms with Crippen LogP contribution in [0.5, 0.6) is 0 Å². The maximum absolute atomic E-state index is 13.5. The van der Waals surface area contributed by atoms with Crippen molar-refractivity contribution < 1.29 is 9.23 Å². The van der Waals surface area contributed by atoms with Crippen LogP contribution in [0.25, 0.3) is 10.9 Å². The second-order valence-electron chi connectivity index (χ2n) is 3.21. The number of hydrogen-bond donors (Lipinski definition) is 1. The molecule has 0 aliphatic rings. The summed E-state index contributed by atoms with van der Waals surface area (Å²) in [6, 6.07) is 4.98. The third kappa shape index (κ3) is 1.29. The van der Waals surface area contributed by atoms with Crippen LogP contribution in [0.2, 0.25) is 0 Å². The van der Waals surface area contributed by atoms with E-state index in [9.17, 15) is 4.39 Å². The van der Waals surface area contributed by atoms with E-state index in [0.717, 1.165) is 11.1 Å². The van der Waals surface area contributed by atoms with Gasteiger partial charge in [-0.15, -0.1) is 0 Å². The number of aromatic nitrogens is 1. The fourth-order valence-electron chi connectivity index (χ4n) is 1.69. The highest BCUT2D eigenvalue weighted by molar-refractivity contribution is 5.84. The fraction of sp³-hybridized carbons (Fsp3) is 0.200. The van der Waals surface area contributed by atoms with Gasteiger partial charge in [0.1, 0.15) is 5.82 Å². The van der Waals surface area contributed by atoms with Crippen LogP contribution in [0.15, 0.2) is 24.4 Å². The third-order valence-corrected chi connectivity index (χ3v) is 2.28. The van der Waals surface area contributed by atoms with E-state index in [2.05, 4.69) is 4.84 Å². The zero-order chi connectivity index (χ0) is 10.1. The Morgan fingerprint density at radius 3 is 3.00 bits per heavy atom. The van der Waals surface area contributed by atoms with Crippen LogP contribution in [0.3, 0.4) is 0 Å². The molecule has 4 heteroatoms. The topological polar surface area (TPSA) is 40.2 Å². The largest absolute Gasteiger partial charge is 0.350 e. The Morgan fingerprint density at radius 2 is 2.29 bits per heavy atom. The zero-order valence-electron chi connectivity index (χ0n) is 7.83. The molecule has 0 aliphatic carbocycles. The Balaban J connectivity index is 2.72. The van der Waals surface area contributed by atoms with Crippen molar-refractivity contribution in [3.8, 4) is 0 Å². The smallest absolute Gasteiger partial charge is 0.132 e. The summed E-state index contributed by atoms with van der Waals surface area (Å²) in [5, 5.41) is 0.584. The number of nitrogens with zero attached hydrogens (tertiary/aromatic N) is 1. The molecule has 2 rings (SSSR count). The van der Waals surface area contributed by atoms with Gasteiger partial charge < -0.3 is 4.57 Å². The summed E-state index contributed by atoms with van der Waals surface area (Å²) in [6.07, 6.45) is 1.82. The van der Waals surface area contributed by atoms with Gasteiger partial charge in [0, 0.05) is 24.2 Å².